The first-order chi connectivity index (χ1) is 13.5. The number of carbonyl (C=O) groups excluding carboxylic acids is 1. The zero-order chi connectivity index (χ0) is 21.4. The summed E-state index contributed by atoms with van der Waals surface area (Å²) in [5.41, 5.74) is 2.63. The highest BCUT2D eigenvalue weighted by Crippen LogP contribution is 2.23. The summed E-state index contributed by atoms with van der Waals surface area (Å²) in [5, 5.41) is 4.62. The molecule has 3 rings (SSSR count). The Hall–Kier alpha value is -3.04. The maximum Gasteiger partial charge on any atom is 0.287 e. The Balaban J connectivity index is 1.85. The van der Waals surface area contributed by atoms with Crippen LogP contribution in [0, 0.1) is 0 Å². The molecule has 0 saturated heterocycles. The van der Waals surface area contributed by atoms with Crippen molar-refractivity contribution in [2.24, 2.45) is 7.05 Å². The van der Waals surface area contributed by atoms with E-state index in [0.29, 0.717) is 10.8 Å². The monoisotopic (exact) mass is 414 g/mol. The first-order valence-electron chi connectivity index (χ1n) is 8.89. The Morgan fingerprint density at radius 3 is 2.17 bits per heavy atom. The summed E-state index contributed by atoms with van der Waals surface area (Å²) in [6, 6.07) is 12.9. The van der Waals surface area contributed by atoms with Gasteiger partial charge in [-0.2, -0.15) is 5.10 Å². The average Bonchev–Trinajstić information content (AvgIpc) is 2.68. The highest BCUT2D eigenvalue weighted by Gasteiger charge is 2.20. The first kappa shape index (κ1) is 20.7. The van der Waals surface area contributed by atoms with Crippen molar-refractivity contribution < 1.29 is 13.2 Å². The Labute approximate surface area is 168 Å². The molecule has 0 saturated carbocycles. The van der Waals surface area contributed by atoms with Crippen LogP contribution in [0.2, 0.25) is 0 Å². The van der Waals surface area contributed by atoms with E-state index >= 15 is 0 Å². The molecule has 0 fully saturated rings. The van der Waals surface area contributed by atoms with Gasteiger partial charge in [-0.1, -0.05) is 51.1 Å². The van der Waals surface area contributed by atoms with Gasteiger partial charge in [0.2, 0.25) is 0 Å². The molecule has 1 heterocycles. The third-order valence-electron chi connectivity index (χ3n) is 4.50. The number of aromatic nitrogens is 2. The lowest BCUT2D eigenvalue weighted by molar-refractivity contribution is 0.0940. The molecule has 0 spiro atoms. The van der Waals surface area contributed by atoms with Crippen molar-refractivity contribution in [3.63, 3.8) is 0 Å². The van der Waals surface area contributed by atoms with Crippen molar-refractivity contribution in [2.45, 2.75) is 31.1 Å². The van der Waals surface area contributed by atoms with Crippen LogP contribution < -0.4 is 15.8 Å². The molecule has 0 bridgehead atoms. The van der Waals surface area contributed by atoms with E-state index in [4.69, 9.17) is 0 Å². The average molecular weight is 414 g/mol. The molecule has 2 N–H and O–H groups in total. The van der Waals surface area contributed by atoms with E-state index in [1.807, 2.05) is 20.8 Å². The van der Waals surface area contributed by atoms with Crippen LogP contribution in [-0.2, 0) is 22.5 Å². The number of hydrogen-bond acceptors (Lipinski definition) is 5. The molecule has 29 heavy (non-hydrogen) atoms. The predicted octanol–water partition coefficient (Wildman–Crippen LogP) is 1.85. The number of sulfonamides is 1. The fourth-order valence-corrected chi connectivity index (χ4v) is 3.67. The maximum atomic E-state index is 12.6. The van der Waals surface area contributed by atoms with Crippen molar-refractivity contribution in [2.75, 3.05) is 0 Å². The lowest BCUT2D eigenvalue weighted by atomic mass is 9.87. The molecule has 3 aromatic rings. The van der Waals surface area contributed by atoms with E-state index in [-0.39, 0.29) is 21.6 Å². The molecule has 9 heteroatoms. The summed E-state index contributed by atoms with van der Waals surface area (Å²) < 4.78 is 26.1. The third-order valence-corrected chi connectivity index (χ3v) is 5.76. The minimum Gasteiger partial charge on any atom is -0.272 e. The largest absolute Gasteiger partial charge is 0.287 e. The van der Waals surface area contributed by atoms with Crippen molar-refractivity contribution in [1.29, 1.82) is 0 Å². The lowest BCUT2D eigenvalue weighted by Crippen LogP contribution is -2.42. The molecule has 8 nitrogen and oxygen atoms in total. The number of aryl methyl sites for hydroxylation is 1. The minimum absolute atomic E-state index is 0.0177. The Kier molecular flexibility index (Phi) is 5.29. The maximum absolute atomic E-state index is 12.6. The minimum atomic E-state index is -3.98. The zero-order valence-electron chi connectivity index (χ0n) is 16.6. The molecular formula is C20H22N4O4S. The van der Waals surface area contributed by atoms with Crippen LogP contribution in [-0.4, -0.2) is 24.1 Å². The number of benzene rings is 2. The molecule has 0 aliphatic heterocycles. The van der Waals surface area contributed by atoms with Crippen LogP contribution in [0.3, 0.4) is 0 Å². The number of amides is 1. The molecule has 0 radical (unpaired) electrons. The summed E-state index contributed by atoms with van der Waals surface area (Å²) in [6.45, 7) is 6.08. The smallest absolute Gasteiger partial charge is 0.272 e. The summed E-state index contributed by atoms with van der Waals surface area (Å²) in [6.07, 6.45) is 0. The molecule has 1 amide bonds. The van der Waals surface area contributed by atoms with Gasteiger partial charge in [-0.15, -0.1) is 4.83 Å². The highest BCUT2D eigenvalue weighted by atomic mass is 32.2. The van der Waals surface area contributed by atoms with Crippen molar-refractivity contribution in [3.8, 4) is 0 Å². The first-order valence-corrected chi connectivity index (χ1v) is 10.4. The van der Waals surface area contributed by atoms with Crippen LogP contribution in [0.5, 0.6) is 0 Å². The summed E-state index contributed by atoms with van der Waals surface area (Å²) in [5.74, 6) is -0.772. The normalized spacial score (nSPS) is 12.1. The number of carbonyl (C=O) groups is 1. The molecule has 2 aromatic carbocycles. The Morgan fingerprint density at radius 2 is 1.59 bits per heavy atom. The molecule has 0 unspecified atom stereocenters. The number of nitrogens with zero attached hydrogens (tertiary/aromatic N) is 2. The number of rotatable bonds is 4. The summed E-state index contributed by atoms with van der Waals surface area (Å²) in [7, 11) is -2.55. The van der Waals surface area contributed by atoms with Crippen LogP contribution in [0.4, 0.5) is 0 Å². The van der Waals surface area contributed by atoms with E-state index in [1.165, 1.54) is 19.2 Å². The second-order valence-electron chi connectivity index (χ2n) is 7.66. The van der Waals surface area contributed by atoms with Gasteiger partial charge in [0.15, 0.2) is 5.69 Å². The SMILES string of the molecule is Cn1nc(C(=O)NNS(=O)(=O)c2ccc(C(C)(C)C)cc2)c2ccccc2c1=O. The zero-order valence-corrected chi connectivity index (χ0v) is 17.4. The Bertz CT molecular complexity index is 1240. The number of hydrazine groups is 1. The molecule has 0 atom stereocenters. The third kappa shape index (κ3) is 4.20. The van der Waals surface area contributed by atoms with Crippen LogP contribution in [0.1, 0.15) is 36.8 Å². The molecular weight excluding hydrogens is 392 g/mol. The number of hydrogen-bond donors (Lipinski definition) is 2. The lowest BCUT2D eigenvalue weighted by Gasteiger charge is -2.19. The predicted molar refractivity (Wildman–Crippen MR) is 110 cm³/mol. The van der Waals surface area contributed by atoms with Crippen molar-refractivity contribution in [3.05, 3.63) is 70.1 Å². The van der Waals surface area contributed by atoms with Crippen LogP contribution in [0.25, 0.3) is 10.8 Å². The van der Waals surface area contributed by atoms with Crippen LogP contribution >= 0.6 is 0 Å². The fourth-order valence-electron chi connectivity index (χ4n) is 2.83. The molecule has 0 aliphatic rings. The van der Waals surface area contributed by atoms with E-state index in [1.54, 1.807) is 36.4 Å². The highest BCUT2D eigenvalue weighted by molar-refractivity contribution is 7.89. The molecule has 0 aliphatic carbocycles. The van der Waals surface area contributed by atoms with Gasteiger partial charge >= 0.3 is 0 Å². The second-order valence-corrected chi connectivity index (χ2v) is 9.34. The fraction of sp³-hybridized carbons (Fsp3) is 0.250. The summed E-state index contributed by atoms with van der Waals surface area (Å²) >= 11 is 0. The van der Waals surface area contributed by atoms with Gasteiger partial charge in [0, 0.05) is 12.4 Å². The number of nitrogens with one attached hydrogen (secondary N) is 2. The Morgan fingerprint density at radius 1 is 1.00 bits per heavy atom. The van der Waals surface area contributed by atoms with E-state index in [9.17, 15) is 18.0 Å². The topological polar surface area (TPSA) is 110 Å². The van der Waals surface area contributed by atoms with Crippen LogP contribution in [0.15, 0.2) is 58.2 Å². The number of fused-ring (bicyclic) bond motifs is 1. The second kappa shape index (κ2) is 7.41. The van der Waals surface area contributed by atoms with E-state index in [2.05, 4.69) is 15.4 Å². The van der Waals surface area contributed by atoms with Gasteiger partial charge in [-0.3, -0.25) is 15.0 Å². The van der Waals surface area contributed by atoms with Gasteiger partial charge in [0.05, 0.1) is 10.3 Å². The van der Waals surface area contributed by atoms with Gasteiger partial charge in [-0.25, -0.2) is 13.1 Å². The molecule has 152 valence electrons. The standard InChI is InChI=1S/C20H22N4O4S/c1-20(2,3)13-9-11-14(12-10-13)29(27,28)23-21-18(25)17-15-7-5-6-8-16(15)19(26)24(4)22-17/h5-12,23H,1-4H3,(H,21,25). The van der Waals surface area contributed by atoms with Gasteiger partial charge in [0.1, 0.15) is 0 Å². The van der Waals surface area contributed by atoms with E-state index in [0.717, 1.165) is 10.2 Å². The quantitative estimate of drug-likeness (QED) is 0.633. The van der Waals surface area contributed by atoms with Crippen molar-refractivity contribution >= 4 is 26.7 Å². The molecule has 1 aromatic heterocycles. The van der Waals surface area contributed by atoms with Gasteiger partial charge in [-0.05, 0) is 29.2 Å². The van der Waals surface area contributed by atoms with Gasteiger partial charge < -0.3 is 0 Å². The van der Waals surface area contributed by atoms with Crippen molar-refractivity contribution in [1.82, 2.24) is 20.0 Å². The summed E-state index contributed by atoms with van der Waals surface area (Å²) in [4.78, 5) is 26.8. The van der Waals surface area contributed by atoms with Gasteiger partial charge in [0.25, 0.3) is 21.5 Å². The van der Waals surface area contributed by atoms with E-state index < -0.39 is 15.9 Å².